The van der Waals surface area contributed by atoms with E-state index in [1.807, 2.05) is 0 Å². The first-order chi connectivity index (χ1) is 3.81. The molecule has 0 heterocycles. The molecule has 2 nitrogen and oxygen atoms in total. The first-order valence-electron chi connectivity index (χ1n) is 2.60. The summed E-state index contributed by atoms with van der Waals surface area (Å²) in [7, 11) is -0.129. The fourth-order valence-electron chi connectivity index (χ4n) is 0.262. The first kappa shape index (κ1) is 7.43. The SMILES string of the molecule is C=CC(=O)OC[SiH2]C. The predicted molar refractivity (Wildman–Crippen MR) is 35.6 cm³/mol. The summed E-state index contributed by atoms with van der Waals surface area (Å²) in [5.41, 5.74) is 0. The molecule has 3 heteroatoms. The van der Waals surface area contributed by atoms with Crippen molar-refractivity contribution in [3.05, 3.63) is 12.7 Å². The molecular formula is C5H10O2Si. The first-order valence-corrected chi connectivity index (χ1v) is 5.02. The molecule has 0 aromatic carbocycles. The molecule has 0 amide bonds. The Labute approximate surface area is 51.4 Å². The minimum absolute atomic E-state index is 0.129. The minimum atomic E-state index is -0.306. The molecule has 0 spiro atoms. The van der Waals surface area contributed by atoms with Crippen LogP contribution in [0.5, 0.6) is 0 Å². The number of rotatable bonds is 3. The van der Waals surface area contributed by atoms with Crippen LogP contribution in [0.3, 0.4) is 0 Å². The average Bonchev–Trinajstić information content (AvgIpc) is 1.83. The highest BCUT2D eigenvalue weighted by Crippen LogP contribution is 1.75. The molecule has 0 bridgehead atoms. The summed E-state index contributed by atoms with van der Waals surface area (Å²) in [5.74, 6) is -0.306. The summed E-state index contributed by atoms with van der Waals surface area (Å²) in [6, 6.07) is 0. The Morgan fingerprint density at radius 3 is 3.00 bits per heavy atom. The van der Waals surface area contributed by atoms with Crippen molar-refractivity contribution in [2.45, 2.75) is 6.55 Å². The summed E-state index contributed by atoms with van der Waals surface area (Å²) < 4.78 is 4.65. The fraction of sp³-hybridized carbons (Fsp3) is 0.400. The summed E-state index contributed by atoms with van der Waals surface area (Å²) >= 11 is 0. The van der Waals surface area contributed by atoms with Crippen molar-refractivity contribution in [3.8, 4) is 0 Å². The second kappa shape index (κ2) is 4.58. The molecule has 0 fully saturated rings. The van der Waals surface area contributed by atoms with E-state index in [4.69, 9.17) is 0 Å². The van der Waals surface area contributed by atoms with E-state index in [9.17, 15) is 4.79 Å². The van der Waals surface area contributed by atoms with Gasteiger partial charge in [0.05, 0.1) is 15.7 Å². The quantitative estimate of drug-likeness (QED) is 0.303. The largest absolute Gasteiger partial charge is 0.467 e. The van der Waals surface area contributed by atoms with E-state index < -0.39 is 0 Å². The van der Waals surface area contributed by atoms with E-state index in [0.29, 0.717) is 6.23 Å². The highest BCUT2D eigenvalue weighted by Gasteiger charge is 1.89. The fourth-order valence-corrected chi connectivity index (χ4v) is 0.667. The smallest absolute Gasteiger partial charge is 0.329 e. The Balaban J connectivity index is 3.11. The van der Waals surface area contributed by atoms with Gasteiger partial charge in [-0.2, -0.15) is 0 Å². The lowest BCUT2D eigenvalue weighted by Gasteiger charge is -1.94. The zero-order valence-corrected chi connectivity index (χ0v) is 6.43. The lowest BCUT2D eigenvalue weighted by Crippen LogP contribution is -2.05. The number of carbonyl (C=O) groups is 1. The molecule has 0 aliphatic rings. The maximum atomic E-state index is 10.3. The zero-order chi connectivity index (χ0) is 6.41. The van der Waals surface area contributed by atoms with Gasteiger partial charge >= 0.3 is 5.97 Å². The van der Waals surface area contributed by atoms with Crippen molar-refractivity contribution in [1.82, 2.24) is 0 Å². The van der Waals surface area contributed by atoms with Crippen molar-refractivity contribution < 1.29 is 9.53 Å². The Bertz CT molecular complexity index is 90.4. The lowest BCUT2D eigenvalue weighted by atomic mass is 10.7. The Hall–Kier alpha value is -0.573. The normalized spacial score (nSPS) is 9.62. The van der Waals surface area contributed by atoms with Gasteiger partial charge in [0.1, 0.15) is 0 Å². The summed E-state index contributed by atoms with van der Waals surface area (Å²) in [4.78, 5) is 10.3. The molecule has 46 valence electrons. The van der Waals surface area contributed by atoms with Crippen molar-refractivity contribution >= 4 is 15.5 Å². The number of hydrogen-bond donors (Lipinski definition) is 0. The van der Waals surface area contributed by atoms with Crippen LogP contribution in [0.25, 0.3) is 0 Å². The summed E-state index contributed by atoms with van der Waals surface area (Å²) in [5, 5.41) is 0. The molecule has 0 saturated carbocycles. The van der Waals surface area contributed by atoms with Crippen LogP contribution >= 0.6 is 0 Å². The van der Waals surface area contributed by atoms with E-state index in [2.05, 4.69) is 17.9 Å². The molecule has 8 heavy (non-hydrogen) atoms. The maximum Gasteiger partial charge on any atom is 0.329 e. The molecular weight excluding hydrogens is 120 g/mol. The van der Waals surface area contributed by atoms with Gasteiger partial charge in [0.2, 0.25) is 0 Å². The Morgan fingerprint density at radius 1 is 2.00 bits per heavy atom. The third kappa shape index (κ3) is 3.61. The van der Waals surface area contributed by atoms with Gasteiger partial charge in [0.15, 0.2) is 0 Å². The number of esters is 1. The van der Waals surface area contributed by atoms with Crippen LogP contribution < -0.4 is 0 Å². The molecule has 0 aliphatic heterocycles. The number of carbonyl (C=O) groups excluding carboxylic acids is 1. The second-order valence-corrected chi connectivity index (χ2v) is 2.78. The van der Waals surface area contributed by atoms with Crippen molar-refractivity contribution in [2.24, 2.45) is 0 Å². The van der Waals surface area contributed by atoms with Crippen LogP contribution in [-0.2, 0) is 9.53 Å². The molecule has 0 aliphatic carbocycles. The highest BCUT2D eigenvalue weighted by atomic mass is 28.2. The van der Waals surface area contributed by atoms with Gasteiger partial charge in [-0.25, -0.2) is 4.79 Å². The molecule has 0 saturated heterocycles. The molecule has 0 rings (SSSR count). The molecule has 0 N–H and O–H groups in total. The molecule has 0 aromatic rings. The van der Waals surface area contributed by atoms with Crippen molar-refractivity contribution in [1.29, 1.82) is 0 Å². The topological polar surface area (TPSA) is 26.3 Å². The van der Waals surface area contributed by atoms with Crippen molar-refractivity contribution in [2.75, 3.05) is 6.23 Å². The van der Waals surface area contributed by atoms with Gasteiger partial charge < -0.3 is 4.74 Å². The van der Waals surface area contributed by atoms with Crippen LogP contribution in [0.4, 0.5) is 0 Å². The van der Waals surface area contributed by atoms with Crippen LogP contribution in [0.1, 0.15) is 0 Å². The van der Waals surface area contributed by atoms with Gasteiger partial charge in [-0.05, 0) is 0 Å². The van der Waals surface area contributed by atoms with Crippen molar-refractivity contribution in [3.63, 3.8) is 0 Å². The summed E-state index contributed by atoms with van der Waals surface area (Å²) in [6.07, 6.45) is 1.81. The van der Waals surface area contributed by atoms with Gasteiger partial charge in [-0.15, -0.1) is 0 Å². The Kier molecular flexibility index (Phi) is 4.25. The second-order valence-electron chi connectivity index (χ2n) is 1.37. The third-order valence-electron chi connectivity index (χ3n) is 0.615. The standard InChI is InChI=1S/C5H10O2Si/c1-3-5(6)7-4-8-2/h3H,1,4,8H2,2H3. The molecule has 0 radical (unpaired) electrons. The van der Waals surface area contributed by atoms with Gasteiger partial charge in [0, 0.05) is 6.08 Å². The van der Waals surface area contributed by atoms with E-state index in [1.54, 1.807) is 0 Å². The minimum Gasteiger partial charge on any atom is -0.467 e. The van der Waals surface area contributed by atoms with Gasteiger partial charge in [0.25, 0.3) is 0 Å². The van der Waals surface area contributed by atoms with Crippen LogP contribution in [0.2, 0.25) is 6.55 Å². The molecule has 0 unspecified atom stereocenters. The number of hydrogen-bond acceptors (Lipinski definition) is 2. The lowest BCUT2D eigenvalue weighted by molar-refractivity contribution is -0.135. The third-order valence-corrected chi connectivity index (χ3v) is 1.23. The predicted octanol–water partition coefficient (Wildman–Crippen LogP) is -0.110. The number of ether oxygens (including phenoxy) is 1. The summed E-state index contributed by atoms with van der Waals surface area (Å²) in [6.45, 7) is 5.33. The monoisotopic (exact) mass is 130 g/mol. The van der Waals surface area contributed by atoms with Crippen LogP contribution in [0, 0.1) is 0 Å². The van der Waals surface area contributed by atoms with E-state index >= 15 is 0 Å². The maximum absolute atomic E-state index is 10.3. The van der Waals surface area contributed by atoms with E-state index in [0.717, 1.165) is 0 Å². The molecule has 0 atom stereocenters. The van der Waals surface area contributed by atoms with Crippen LogP contribution in [-0.4, -0.2) is 21.7 Å². The molecule has 0 aromatic heterocycles. The van der Waals surface area contributed by atoms with Gasteiger partial charge in [-0.3, -0.25) is 0 Å². The van der Waals surface area contributed by atoms with E-state index in [1.165, 1.54) is 6.08 Å². The zero-order valence-electron chi connectivity index (χ0n) is 5.02. The van der Waals surface area contributed by atoms with E-state index in [-0.39, 0.29) is 15.5 Å². The highest BCUT2D eigenvalue weighted by molar-refractivity contribution is 6.33. The van der Waals surface area contributed by atoms with Gasteiger partial charge in [-0.1, -0.05) is 13.1 Å². The Morgan fingerprint density at radius 2 is 2.62 bits per heavy atom. The average molecular weight is 130 g/mol. The van der Waals surface area contributed by atoms with Crippen LogP contribution in [0.15, 0.2) is 12.7 Å².